The van der Waals surface area contributed by atoms with Crippen LogP contribution in [0, 0.1) is 12.7 Å². The molecule has 1 heterocycles. The van der Waals surface area contributed by atoms with Gasteiger partial charge >= 0.3 is 0 Å². The molecule has 1 unspecified atom stereocenters. The molecule has 0 aliphatic rings. The highest BCUT2D eigenvalue weighted by molar-refractivity contribution is 9.10. The molecule has 0 radical (unpaired) electrons. The monoisotopic (exact) mass is 333 g/mol. The van der Waals surface area contributed by atoms with Crippen LogP contribution in [0.15, 0.2) is 51.4 Å². The van der Waals surface area contributed by atoms with Gasteiger partial charge in [-0.2, -0.15) is 0 Å². The van der Waals surface area contributed by atoms with Crippen molar-refractivity contribution in [1.29, 1.82) is 0 Å². The van der Waals surface area contributed by atoms with Gasteiger partial charge in [-0.3, -0.25) is 0 Å². The molecule has 0 aliphatic carbocycles. The van der Waals surface area contributed by atoms with E-state index in [0.717, 1.165) is 21.0 Å². The summed E-state index contributed by atoms with van der Waals surface area (Å²) in [6.07, 6.45) is 0. The number of hydrogen-bond acceptors (Lipinski definition) is 2. The zero-order valence-corrected chi connectivity index (χ0v) is 12.4. The van der Waals surface area contributed by atoms with Crippen LogP contribution in [-0.2, 0) is 0 Å². The first-order valence-electron chi connectivity index (χ1n) is 6.25. The van der Waals surface area contributed by atoms with E-state index >= 15 is 0 Å². The average molecular weight is 334 g/mol. The second kappa shape index (κ2) is 5.04. The third-order valence-corrected chi connectivity index (χ3v) is 4.01. The van der Waals surface area contributed by atoms with E-state index in [4.69, 9.17) is 10.2 Å². The summed E-state index contributed by atoms with van der Waals surface area (Å²) < 4.78 is 19.9. The number of hydrogen-bond donors (Lipinski definition) is 1. The fraction of sp³-hybridized carbons (Fsp3) is 0.125. The van der Waals surface area contributed by atoms with Crippen LogP contribution in [0.3, 0.4) is 0 Å². The fourth-order valence-corrected chi connectivity index (χ4v) is 2.74. The van der Waals surface area contributed by atoms with E-state index in [9.17, 15) is 4.39 Å². The molecule has 4 heteroatoms. The van der Waals surface area contributed by atoms with Gasteiger partial charge in [-0.15, -0.1) is 0 Å². The Labute approximate surface area is 124 Å². The molecule has 0 amide bonds. The van der Waals surface area contributed by atoms with Gasteiger partial charge < -0.3 is 10.2 Å². The molecule has 2 aromatic carbocycles. The molecule has 0 fully saturated rings. The van der Waals surface area contributed by atoms with Gasteiger partial charge in [-0.25, -0.2) is 4.39 Å². The van der Waals surface area contributed by atoms with E-state index in [1.807, 2.05) is 25.1 Å². The summed E-state index contributed by atoms with van der Waals surface area (Å²) in [5, 5.41) is 0.722. The summed E-state index contributed by atoms with van der Waals surface area (Å²) in [4.78, 5) is 0. The standard InChI is InChI=1S/C16H13BrFNO/c1-9-2-4-13(17)12(6-9)16(19)15-8-10-7-11(18)3-5-14(10)20-15/h2-8,16H,19H2,1H3. The number of furan rings is 1. The summed E-state index contributed by atoms with van der Waals surface area (Å²) in [6, 6.07) is 11.8. The van der Waals surface area contributed by atoms with Crippen molar-refractivity contribution in [3.8, 4) is 0 Å². The topological polar surface area (TPSA) is 39.2 Å². The van der Waals surface area contributed by atoms with E-state index in [0.29, 0.717) is 11.3 Å². The van der Waals surface area contributed by atoms with Gasteiger partial charge in [0, 0.05) is 9.86 Å². The molecule has 3 rings (SSSR count). The van der Waals surface area contributed by atoms with Crippen LogP contribution in [0.1, 0.15) is 22.9 Å². The normalized spacial score (nSPS) is 12.8. The molecule has 0 aliphatic heterocycles. The lowest BCUT2D eigenvalue weighted by atomic mass is 10.0. The maximum Gasteiger partial charge on any atom is 0.134 e. The molecule has 0 saturated carbocycles. The second-order valence-corrected chi connectivity index (χ2v) is 5.69. The van der Waals surface area contributed by atoms with E-state index in [-0.39, 0.29) is 11.9 Å². The van der Waals surface area contributed by atoms with Crippen LogP contribution in [0.5, 0.6) is 0 Å². The summed E-state index contributed by atoms with van der Waals surface area (Å²) >= 11 is 3.50. The first-order chi connectivity index (χ1) is 9.54. The molecule has 0 spiro atoms. The maximum atomic E-state index is 13.2. The quantitative estimate of drug-likeness (QED) is 0.738. The largest absolute Gasteiger partial charge is 0.459 e. The molecule has 1 atom stereocenters. The van der Waals surface area contributed by atoms with Gasteiger partial charge in [0.1, 0.15) is 17.2 Å². The van der Waals surface area contributed by atoms with Gasteiger partial charge in [0.15, 0.2) is 0 Å². The van der Waals surface area contributed by atoms with E-state index in [2.05, 4.69) is 15.9 Å². The number of benzene rings is 2. The predicted molar refractivity (Wildman–Crippen MR) is 81.1 cm³/mol. The van der Waals surface area contributed by atoms with Crippen molar-refractivity contribution in [3.63, 3.8) is 0 Å². The minimum atomic E-state index is -0.389. The van der Waals surface area contributed by atoms with Crippen molar-refractivity contribution in [2.24, 2.45) is 5.73 Å². The van der Waals surface area contributed by atoms with E-state index in [1.165, 1.54) is 12.1 Å². The number of fused-ring (bicyclic) bond motifs is 1. The lowest BCUT2D eigenvalue weighted by Gasteiger charge is -2.12. The molecule has 2 N–H and O–H groups in total. The van der Waals surface area contributed by atoms with Gasteiger partial charge in [-0.1, -0.05) is 33.6 Å². The molecule has 20 heavy (non-hydrogen) atoms. The van der Waals surface area contributed by atoms with Gasteiger partial charge in [0.05, 0.1) is 6.04 Å². The Morgan fingerprint density at radius 1 is 1.15 bits per heavy atom. The Bertz CT molecular complexity index is 781. The molecule has 0 saturated heterocycles. The Kier molecular flexibility index (Phi) is 3.36. The van der Waals surface area contributed by atoms with Crippen LogP contribution in [0.4, 0.5) is 4.39 Å². The Morgan fingerprint density at radius 2 is 1.95 bits per heavy atom. The third-order valence-electron chi connectivity index (χ3n) is 3.29. The SMILES string of the molecule is Cc1ccc(Br)c(C(N)c2cc3cc(F)ccc3o2)c1. The van der Waals surface area contributed by atoms with Crippen LogP contribution in [-0.4, -0.2) is 0 Å². The lowest BCUT2D eigenvalue weighted by Crippen LogP contribution is -2.11. The van der Waals surface area contributed by atoms with Crippen molar-refractivity contribution in [3.05, 3.63) is 69.6 Å². The summed E-state index contributed by atoms with van der Waals surface area (Å²) in [7, 11) is 0. The highest BCUT2D eigenvalue weighted by Gasteiger charge is 2.17. The zero-order chi connectivity index (χ0) is 14.3. The molecule has 1 aromatic heterocycles. The highest BCUT2D eigenvalue weighted by atomic mass is 79.9. The maximum absolute atomic E-state index is 13.2. The molecule has 102 valence electrons. The smallest absolute Gasteiger partial charge is 0.134 e. The lowest BCUT2D eigenvalue weighted by molar-refractivity contribution is 0.524. The van der Waals surface area contributed by atoms with Crippen molar-refractivity contribution in [2.45, 2.75) is 13.0 Å². The molecule has 3 aromatic rings. The van der Waals surface area contributed by atoms with Crippen molar-refractivity contribution < 1.29 is 8.81 Å². The average Bonchev–Trinajstić information content (AvgIpc) is 2.83. The van der Waals surface area contributed by atoms with Gasteiger partial charge in [-0.05, 0) is 42.8 Å². The minimum absolute atomic E-state index is 0.282. The highest BCUT2D eigenvalue weighted by Crippen LogP contribution is 2.31. The van der Waals surface area contributed by atoms with Crippen LogP contribution in [0.2, 0.25) is 0 Å². The Hall–Kier alpha value is -1.65. The first-order valence-corrected chi connectivity index (χ1v) is 7.04. The van der Waals surface area contributed by atoms with Crippen LogP contribution in [0.25, 0.3) is 11.0 Å². The summed E-state index contributed by atoms with van der Waals surface area (Å²) in [5.74, 6) is 0.340. The number of rotatable bonds is 2. The summed E-state index contributed by atoms with van der Waals surface area (Å²) in [6.45, 7) is 2.01. The van der Waals surface area contributed by atoms with Crippen molar-refractivity contribution in [2.75, 3.05) is 0 Å². The van der Waals surface area contributed by atoms with Crippen molar-refractivity contribution in [1.82, 2.24) is 0 Å². The molecular formula is C16H13BrFNO. The Morgan fingerprint density at radius 3 is 2.75 bits per heavy atom. The van der Waals surface area contributed by atoms with Crippen LogP contribution < -0.4 is 5.73 Å². The predicted octanol–water partition coefficient (Wildman–Crippen LogP) is 4.69. The number of aryl methyl sites for hydroxylation is 1. The van der Waals surface area contributed by atoms with E-state index < -0.39 is 0 Å². The summed E-state index contributed by atoms with van der Waals surface area (Å²) in [5.41, 5.74) is 8.98. The third kappa shape index (κ3) is 2.37. The van der Waals surface area contributed by atoms with Gasteiger partial charge in [0.25, 0.3) is 0 Å². The first kappa shape index (κ1) is 13.3. The zero-order valence-electron chi connectivity index (χ0n) is 10.9. The number of nitrogens with two attached hydrogens (primary N) is 1. The van der Waals surface area contributed by atoms with Crippen molar-refractivity contribution >= 4 is 26.9 Å². The van der Waals surface area contributed by atoms with E-state index in [1.54, 1.807) is 12.1 Å². The molecule has 2 nitrogen and oxygen atoms in total. The second-order valence-electron chi connectivity index (χ2n) is 4.83. The minimum Gasteiger partial charge on any atom is -0.459 e. The molecule has 0 bridgehead atoms. The Balaban J connectivity index is 2.07. The number of halogens is 2. The fourth-order valence-electron chi connectivity index (χ4n) is 2.24. The van der Waals surface area contributed by atoms with Crippen LogP contribution >= 0.6 is 15.9 Å². The molecular weight excluding hydrogens is 321 g/mol. The van der Waals surface area contributed by atoms with Gasteiger partial charge in [0.2, 0.25) is 0 Å².